The van der Waals surface area contributed by atoms with Gasteiger partial charge in [-0.05, 0) is 0 Å². The van der Waals surface area contributed by atoms with Crippen LogP contribution in [0.1, 0.15) is 0 Å². The fraction of sp³-hybridized carbons (Fsp3) is 0. The topological polar surface area (TPSA) is 40.5 Å². The molecule has 0 unspecified atom stereocenters. The molecule has 2 N–H and O–H groups in total. The molecule has 1 rings (SSSR count). The Bertz CT molecular complexity index is 176. The van der Waals surface area contributed by atoms with Gasteiger partial charge in [0.05, 0.1) is 0 Å². The molecule has 44 valence electrons. The van der Waals surface area contributed by atoms with Crippen LogP contribution in [0.3, 0.4) is 0 Å². The monoisotopic (exact) mass is 150 g/mol. The fourth-order valence-electron chi connectivity index (χ4n) is 0.320. The highest BCUT2D eigenvalue weighted by molar-refractivity contribution is 7.15. The predicted molar refractivity (Wildman–Crippen MR) is 32.7 cm³/mol. The van der Waals surface area contributed by atoms with Gasteiger partial charge in [0.2, 0.25) is 0 Å². The van der Waals surface area contributed by atoms with E-state index in [2.05, 4.69) is 0 Å². The van der Waals surface area contributed by atoms with E-state index in [1.54, 1.807) is 0 Å². The predicted octanol–water partition coefficient (Wildman–Crippen LogP) is 1.81. The van der Waals surface area contributed by atoms with Crippen LogP contribution in [-0.2, 0) is 0 Å². The zero-order valence-corrected chi connectivity index (χ0v) is 5.33. The molecule has 1 aromatic rings. The van der Waals surface area contributed by atoms with Crippen molar-refractivity contribution in [2.24, 2.45) is 0 Å². The summed E-state index contributed by atoms with van der Waals surface area (Å²) in [6, 6.07) is 0. The van der Waals surface area contributed by atoms with Gasteiger partial charge < -0.3 is 10.2 Å². The van der Waals surface area contributed by atoms with Crippen molar-refractivity contribution in [3.63, 3.8) is 0 Å². The highest BCUT2D eigenvalue weighted by Gasteiger charge is 2.04. The first-order chi connectivity index (χ1) is 3.72. The van der Waals surface area contributed by atoms with Crippen LogP contribution in [0.5, 0.6) is 11.5 Å². The normalized spacial score (nSPS) is 9.62. The van der Waals surface area contributed by atoms with Gasteiger partial charge in [-0.25, -0.2) is 0 Å². The first kappa shape index (κ1) is 5.72. The number of hydrogen-bond acceptors (Lipinski definition) is 3. The van der Waals surface area contributed by atoms with Gasteiger partial charge in [0.1, 0.15) is 4.34 Å². The van der Waals surface area contributed by atoms with Crippen molar-refractivity contribution in [2.75, 3.05) is 0 Å². The second kappa shape index (κ2) is 1.84. The summed E-state index contributed by atoms with van der Waals surface area (Å²) in [6.07, 6.45) is 0. The van der Waals surface area contributed by atoms with Crippen molar-refractivity contribution in [1.29, 1.82) is 0 Å². The summed E-state index contributed by atoms with van der Waals surface area (Å²) in [4.78, 5) is 0. The van der Waals surface area contributed by atoms with Crippen LogP contribution in [0, 0.1) is 0 Å². The van der Waals surface area contributed by atoms with Crippen LogP contribution in [0.25, 0.3) is 0 Å². The summed E-state index contributed by atoms with van der Waals surface area (Å²) >= 11 is 6.43. The summed E-state index contributed by atoms with van der Waals surface area (Å²) < 4.78 is 0.225. The minimum absolute atomic E-state index is 0.153. The van der Waals surface area contributed by atoms with Gasteiger partial charge in [-0.2, -0.15) is 0 Å². The van der Waals surface area contributed by atoms with Gasteiger partial charge in [-0.15, -0.1) is 11.3 Å². The molecule has 0 saturated carbocycles. The Hall–Kier alpha value is -0.410. The lowest BCUT2D eigenvalue weighted by molar-refractivity contribution is 0.408. The Balaban J connectivity index is 3.19. The Kier molecular flexibility index (Phi) is 1.31. The molecule has 0 saturated heterocycles. The van der Waals surface area contributed by atoms with E-state index in [-0.39, 0.29) is 15.8 Å². The van der Waals surface area contributed by atoms with Gasteiger partial charge in [0.25, 0.3) is 0 Å². The van der Waals surface area contributed by atoms with Crippen LogP contribution < -0.4 is 0 Å². The minimum Gasteiger partial charge on any atom is -0.504 e. The van der Waals surface area contributed by atoms with E-state index in [4.69, 9.17) is 21.8 Å². The highest BCUT2D eigenvalue weighted by atomic mass is 35.5. The lowest BCUT2D eigenvalue weighted by atomic mass is 10.5. The summed E-state index contributed by atoms with van der Waals surface area (Å²) in [5, 5.41) is 18.7. The Labute approximate surface area is 55.0 Å². The van der Waals surface area contributed by atoms with Crippen LogP contribution in [-0.4, -0.2) is 10.2 Å². The largest absolute Gasteiger partial charge is 0.504 e. The third-order valence-electron chi connectivity index (χ3n) is 0.703. The SMILES string of the molecule is Oc1csc(Cl)c1O. The fourth-order valence-corrected chi connectivity index (χ4v) is 1.09. The van der Waals surface area contributed by atoms with Crippen molar-refractivity contribution in [3.8, 4) is 11.5 Å². The minimum atomic E-state index is -0.225. The summed E-state index contributed by atoms with van der Waals surface area (Å²) in [6.45, 7) is 0. The molecule has 0 amide bonds. The quantitative estimate of drug-likeness (QED) is 0.592. The lowest BCUT2D eigenvalue weighted by Crippen LogP contribution is -1.53. The summed E-state index contributed by atoms with van der Waals surface area (Å²) in [5.41, 5.74) is 0. The first-order valence-electron chi connectivity index (χ1n) is 1.86. The van der Waals surface area contributed by atoms with Crippen molar-refractivity contribution in [2.45, 2.75) is 0 Å². The molecule has 1 aromatic heterocycles. The van der Waals surface area contributed by atoms with Crippen LogP contribution >= 0.6 is 22.9 Å². The maximum Gasteiger partial charge on any atom is 0.187 e. The molecule has 8 heavy (non-hydrogen) atoms. The standard InChI is InChI=1S/C4H3ClO2S/c5-4-3(7)2(6)1-8-4/h1,6-7H. The van der Waals surface area contributed by atoms with E-state index >= 15 is 0 Å². The van der Waals surface area contributed by atoms with Crippen LogP contribution in [0.4, 0.5) is 0 Å². The number of aromatic hydroxyl groups is 2. The third-order valence-corrected chi connectivity index (χ3v) is 1.89. The molecule has 0 aliphatic carbocycles. The summed E-state index contributed by atoms with van der Waals surface area (Å²) in [7, 11) is 0. The summed E-state index contributed by atoms with van der Waals surface area (Å²) in [5.74, 6) is -0.378. The van der Waals surface area contributed by atoms with Crippen molar-refractivity contribution < 1.29 is 10.2 Å². The van der Waals surface area contributed by atoms with E-state index in [1.807, 2.05) is 0 Å². The second-order valence-electron chi connectivity index (χ2n) is 1.24. The maximum absolute atomic E-state index is 8.67. The van der Waals surface area contributed by atoms with Gasteiger partial charge in [0.15, 0.2) is 11.5 Å². The molecular weight excluding hydrogens is 148 g/mol. The van der Waals surface area contributed by atoms with Crippen LogP contribution in [0.15, 0.2) is 5.38 Å². The Morgan fingerprint density at radius 3 is 2.25 bits per heavy atom. The molecule has 2 nitrogen and oxygen atoms in total. The average Bonchev–Trinajstić information content (AvgIpc) is 1.98. The molecule has 1 heterocycles. The van der Waals surface area contributed by atoms with Crippen molar-refractivity contribution >= 4 is 22.9 Å². The molecule has 0 atom stereocenters. The smallest absolute Gasteiger partial charge is 0.187 e. The highest BCUT2D eigenvalue weighted by Crippen LogP contribution is 2.38. The van der Waals surface area contributed by atoms with Gasteiger partial charge >= 0.3 is 0 Å². The molecule has 0 radical (unpaired) electrons. The van der Waals surface area contributed by atoms with E-state index in [0.29, 0.717) is 0 Å². The number of rotatable bonds is 0. The molecule has 0 aromatic carbocycles. The number of thiophene rings is 1. The van der Waals surface area contributed by atoms with Crippen molar-refractivity contribution in [1.82, 2.24) is 0 Å². The zero-order chi connectivity index (χ0) is 6.15. The molecule has 0 aliphatic heterocycles. The van der Waals surface area contributed by atoms with E-state index < -0.39 is 0 Å². The Morgan fingerprint density at radius 2 is 2.12 bits per heavy atom. The first-order valence-corrected chi connectivity index (χ1v) is 3.12. The molecule has 4 heteroatoms. The van der Waals surface area contributed by atoms with Gasteiger partial charge in [0, 0.05) is 5.38 Å². The van der Waals surface area contributed by atoms with E-state index in [1.165, 1.54) is 5.38 Å². The molecule has 0 aliphatic rings. The van der Waals surface area contributed by atoms with Crippen molar-refractivity contribution in [3.05, 3.63) is 9.72 Å². The van der Waals surface area contributed by atoms with Gasteiger partial charge in [-0.3, -0.25) is 0 Å². The molecule has 0 bridgehead atoms. The van der Waals surface area contributed by atoms with Crippen LogP contribution in [0.2, 0.25) is 4.34 Å². The van der Waals surface area contributed by atoms with Gasteiger partial charge in [-0.1, -0.05) is 11.6 Å². The second-order valence-corrected chi connectivity index (χ2v) is 2.72. The third kappa shape index (κ3) is 0.743. The lowest BCUT2D eigenvalue weighted by Gasteiger charge is -1.83. The van der Waals surface area contributed by atoms with E-state index in [9.17, 15) is 0 Å². The number of hydrogen-bond donors (Lipinski definition) is 2. The zero-order valence-electron chi connectivity index (χ0n) is 3.76. The molecule has 0 fully saturated rings. The Morgan fingerprint density at radius 1 is 1.50 bits per heavy atom. The number of halogens is 1. The average molecular weight is 151 g/mol. The maximum atomic E-state index is 8.67. The van der Waals surface area contributed by atoms with E-state index in [0.717, 1.165) is 11.3 Å². The molecule has 0 spiro atoms. The molecular formula is C4H3ClO2S.